The van der Waals surface area contributed by atoms with Gasteiger partial charge in [-0.05, 0) is 25.1 Å². The van der Waals surface area contributed by atoms with Crippen molar-refractivity contribution in [1.29, 1.82) is 0 Å². The van der Waals surface area contributed by atoms with Crippen LogP contribution in [0.1, 0.15) is 37.9 Å². The van der Waals surface area contributed by atoms with Crippen LogP contribution in [-0.2, 0) is 12.2 Å². The number of hydrogen-bond acceptors (Lipinski definition) is 5. The predicted octanol–water partition coefficient (Wildman–Crippen LogP) is 1.99. The molecular formula is C10H19N3OS. The summed E-state index contributed by atoms with van der Waals surface area (Å²) in [6.07, 6.45) is 4.25. The highest BCUT2D eigenvalue weighted by atomic mass is 32.2. The van der Waals surface area contributed by atoms with Crippen molar-refractivity contribution < 1.29 is 4.52 Å². The van der Waals surface area contributed by atoms with Crippen LogP contribution >= 0.6 is 11.8 Å². The second kappa shape index (κ2) is 7.70. The molecule has 1 aromatic heterocycles. The lowest BCUT2D eigenvalue weighted by molar-refractivity contribution is 0.384. The van der Waals surface area contributed by atoms with Crippen molar-refractivity contribution in [2.24, 2.45) is 5.73 Å². The van der Waals surface area contributed by atoms with Crippen LogP contribution < -0.4 is 5.73 Å². The highest BCUT2D eigenvalue weighted by Gasteiger charge is 2.05. The zero-order chi connectivity index (χ0) is 10.9. The molecule has 5 heteroatoms. The minimum Gasteiger partial charge on any atom is -0.338 e. The molecule has 0 saturated heterocycles. The first-order chi connectivity index (χ1) is 7.36. The largest absolute Gasteiger partial charge is 0.338 e. The molecule has 0 aliphatic rings. The second-order valence-electron chi connectivity index (χ2n) is 3.40. The van der Waals surface area contributed by atoms with Gasteiger partial charge in [0.2, 0.25) is 5.89 Å². The van der Waals surface area contributed by atoms with Crippen LogP contribution in [0, 0.1) is 0 Å². The molecule has 0 unspecified atom stereocenters. The summed E-state index contributed by atoms with van der Waals surface area (Å²) in [6, 6.07) is 0. The van der Waals surface area contributed by atoms with Crippen molar-refractivity contribution >= 4 is 11.8 Å². The Bertz CT molecular complexity index is 265. The average molecular weight is 229 g/mol. The van der Waals surface area contributed by atoms with E-state index in [1.54, 1.807) is 11.8 Å². The molecule has 1 heterocycles. The Kier molecular flexibility index (Phi) is 6.43. The third-order valence-electron chi connectivity index (χ3n) is 1.98. The number of aromatic nitrogens is 2. The van der Waals surface area contributed by atoms with Gasteiger partial charge in [0.15, 0.2) is 5.82 Å². The molecular weight excluding hydrogens is 210 g/mol. The second-order valence-corrected chi connectivity index (χ2v) is 4.51. The van der Waals surface area contributed by atoms with Crippen molar-refractivity contribution in [2.45, 2.75) is 38.4 Å². The van der Waals surface area contributed by atoms with E-state index in [1.807, 2.05) is 0 Å². The summed E-state index contributed by atoms with van der Waals surface area (Å²) in [4.78, 5) is 4.32. The van der Waals surface area contributed by atoms with Crippen LogP contribution in [0.3, 0.4) is 0 Å². The lowest BCUT2D eigenvalue weighted by Crippen LogP contribution is -1.99. The highest BCUT2D eigenvalue weighted by molar-refractivity contribution is 7.98. The topological polar surface area (TPSA) is 64.9 Å². The SMILES string of the molecule is CCCCc1noc(CSCCCN)n1. The fourth-order valence-corrected chi connectivity index (χ4v) is 1.94. The van der Waals surface area contributed by atoms with Crippen molar-refractivity contribution in [1.82, 2.24) is 10.1 Å². The van der Waals surface area contributed by atoms with Crippen LogP contribution in [0.25, 0.3) is 0 Å². The van der Waals surface area contributed by atoms with E-state index in [4.69, 9.17) is 10.3 Å². The normalized spacial score (nSPS) is 10.8. The van der Waals surface area contributed by atoms with Gasteiger partial charge in [0, 0.05) is 6.42 Å². The maximum absolute atomic E-state index is 5.40. The molecule has 0 bridgehead atoms. The van der Waals surface area contributed by atoms with E-state index in [0.29, 0.717) is 0 Å². The van der Waals surface area contributed by atoms with Gasteiger partial charge in [-0.25, -0.2) is 0 Å². The van der Waals surface area contributed by atoms with E-state index in [9.17, 15) is 0 Å². The molecule has 0 aliphatic carbocycles. The quantitative estimate of drug-likeness (QED) is 0.691. The lowest BCUT2D eigenvalue weighted by Gasteiger charge is -1.94. The first-order valence-corrected chi connectivity index (χ1v) is 6.61. The number of rotatable bonds is 8. The number of nitrogens with two attached hydrogens (primary N) is 1. The van der Waals surface area contributed by atoms with Crippen LogP contribution in [0.4, 0.5) is 0 Å². The van der Waals surface area contributed by atoms with Crippen LogP contribution in [-0.4, -0.2) is 22.4 Å². The summed E-state index contributed by atoms with van der Waals surface area (Å²) < 4.78 is 5.13. The zero-order valence-electron chi connectivity index (χ0n) is 9.24. The average Bonchev–Trinajstić information content (AvgIpc) is 2.69. The molecule has 0 amide bonds. The van der Waals surface area contributed by atoms with Gasteiger partial charge in [-0.15, -0.1) is 0 Å². The number of thioether (sulfide) groups is 1. The highest BCUT2D eigenvalue weighted by Crippen LogP contribution is 2.11. The molecule has 0 fully saturated rings. The Morgan fingerprint density at radius 1 is 1.40 bits per heavy atom. The number of aryl methyl sites for hydroxylation is 1. The smallest absolute Gasteiger partial charge is 0.236 e. The molecule has 15 heavy (non-hydrogen) atoms. The number of nitrogens with zero attached hydrogens (tertiary/aromatic N) is 2. The lowest BCUT2D eigenvalue weighted by atomic mass is 10.2. The van der Waals surface area contributed by atoms with Crippen LogP contribution in [0.5, 0.6) is 0 Å². The van der Waals surface area contributed by atoms with Gasteiger partial charge in [-0.1, -0.05) is 18.5 Å². The zero-order valence-corrected chi connectivity index (χ0v) is 10.1. The summed E-state index contributed by atoms with van der Waals surface area (Å²) in [6.45, 7) is 2.91. The van der Waals surface area contributed by atoms with E-state index in [2.05, 4.69) is 17.1 Å². The Hall–Kier alpha value is -0.550. The maximum Gasteiger partial charge on any atom is 0.236 e. The standard InChI is InChI=1S/C10H19N3OS/c1-2-3-5-9-12-10(14-13-9)8-15-7-4-6-11/h2-8,11H2,1H3. The molecule has 0 aliphatic heterocycles. The molecule has 1 aromatic rings. The Morgan fingerprint density at radius 2 is 2.27 bits per heavy atom. The van der Waals surface area contributed by atoms with Gasteiger partial charge < -0.3 is 10.3 Å². The van der Waals surface area contributed by atoms with E-state index in [-0.39, 0.29) is 0 Å². The van der Waals surface area contributed by atoms with Gasteiger partial charge >= 0.3 is 0 Å². The van der Waals surface area contributed by atoms with E-state index >= 15 is 0 Å². The molecule has 0 aromatic carbocycles. The summed E-state index contributed by atoms with van der Waals surface area (Å²) >= 11 is 1.79. The molecule has 4 nitrogen and oxygen atoms in total. The van der Waals surface area contributed by atoms with Crippen LogP contribution in [0.2, 0.25) is 0 Å². The van der Waals surface area contributed by atoms with E-state index in [0.717, 1.165) is 55.4 Å². The van der Waals surface area contributed by atoms with Gasteiger partial charge in [0.1, 0.15) is 0 Å². The maximum atomic E-state index is 5.40. The minimum absolute atomic E-state index is 0.739. The molecule has 0 radical (unpaired) electrons. The Labute approximate surface area is 95.0 Å². The minimum atomic E-state index is 0.739. The first kappa shape index (κ1) is 12.5. The monoisotopic (exact) mass is 229 g/mol. The van der Waals surface area contributed by atoms with E-state index in [1.165, 1.54) is 0 Å². The van der Waals surface area contributed by atoms with Crippen LogP contribution in [0.15, 0.2) is 4.52 Å². The molecule has 2 N–H and O–H groups in total. The number of hydrogen-bond donors (Lipinski definition) is 1. The Balaban J connectivity index is 2.20. The summed E-state index contributed by atoms with van der Waals surface area (Å²) in [5.74, 6) is 3.44. The van der Waals surface area contributed by atoms with Gasteiger partial charge in [0.05, 0.1) is 5.75 Å². The fourth-order valence-electron chi connectivity index (χ4n) is 1.13. The van der Waals surface area contributed by atoms with Gasteiger partial charge in [-0.3, -0.25) is 0 Å². The predicted molar refractivity (Wildman–Crippen MR) is 62.7 cm³/mol. The van der Waals surface area contributed by atoms with Crippen molar-refractivity contribution in [3.8, 4) is 0 Å². The third kappa shape index (κ3) is 5.18. The molecule has 0 spiro atoms. The van der Waals surface area contributed by atoms with Crippen molar-refractivity contribution in [3.63, 3.8) is 0 Å². The third-order valence-corrected chi connectivity index (χ3v) is 3.01. The van der Waals surface area contributed by atoms with Crippen molar-refractivity contribution in [2.75, 3.05) is 12.3 Å². The summed E-state index contributed by atoms with van der Waals surface area (Å²) in [5.41, 5.74) is 5.40. The van der Waals surface area contributed by atoms with E-state index < -0.39 is 0 Å². The van der Waals surface area contributed by atoms with Gasteiger partial charge in [0.25, 0.3) is 0 Å². The van der Waals surface area contributed by atoms with Crippen molar-refractivity contribution in [3.05, 3.63) is 11.7 Å². The fraction of sp³-hybridized carbons (Fsp3) is 0.800. The molecule has 86 valence electrons. The summed E-state index contributed by atoms with van der Waals surface area (Å²) in [7, 11) is 0. The molecule has 0 atom stereocenters. The summed E-state index contributed by atoms with van der Waals surface area (Å²) in [5, 5.41) is 3.93. The Morgan fingerprint density at radius 3 is 3.00 bits per heavy atom. The molecule has 0 saturated carbocycles. The van der Waals surface area contributed by atoms with Gasteiger partial charge in [-0.2, -0.15) is 16.7 Å². The first-order valence-electron chi connectivity index (χ1n) is 5.46. The molecule has 1 rings (SSSR count). The number of unbranched alkanes of at least 4 members (excludes halogenated alkanes) is 1.